The molecule has 0 bridgehead atoms. The summed E-state index contributed by atoms with van der Waals surface area (Å²) in [6.45, 7) is 2.23. The van der Waals surface area contributed by atoms with Gasteiger partial charge in [0.25, 0.3) is 0 Å². The highest BCUT2D eigenvalue weighted by molar-refractivity contribution is 9.08. The van der Waals surface area contributed by atoms with Gasteiger partial charge in [0.15, 0.2) is 5.82 Å². The second kappa shape index (κ2) is 4.01. The van der Waals surface area contributed by atoms with E-state index in [9.17, 15) is 0 Å². The fourth-order valence-electron chi connectivity index (χ4n) is 2.10. The third-order valence-electron chi connectivity index (χ3n) is 3.06. The molecule has 1 aromatic heterocycles. The Hall–Kier alpha value is -0.380. The van der Waals surface area contributed by atoms with E-state index in [1.165, 1.54) is 32.1 Å². The molecule has 1 aliphatic carbocycles. The second-order valence-electron chi connectivity index (χ2n) is 4.27. The van der Waals surface area contributed by atoms with Crippen molar-refractivity contribution in [1.82, 2.24) is 10.1 Å². The maximum Gasteiger partial charge on any atom is 0.232 e. The number of hydrogen-bond acceptors (Lipinski definition) is 3. The molecule has 0 N–H and O–H groups in total. The first-order valence-electron chi connectivity index (χ1n) is 5.14. The van der Waals surface area contributed by atoms with E-state index in [0.717, 1.165) is 11.7 Å². The average Bonchev–Trinajstić information content (AvgIpc) is 2.67. The first kappa shape index (κ1) is 10.1. The van der Waals surface area contributed by atoms with Crippen LogP contribution in [0.1, 0.15) is 50.7 Å². The van der Waals surface area contributed by atoms with Gasteiger partial charge in [-0.3, -0.25) is 0 Å². The molecule has 0 aromatic carbocycles. The third kappa shape index (κ3) is 1.85. The topological polar surface area (TPSA) is 38.9 Å². The molecule has 0 spiro atoms. The molecule has 1 aromatic rings. The number of nitrogens with zero attached hydrogens (tertiary/aromatic N) is 2. The molecule has 0 unspecified atom stereocenters. The molecule has 0 radical (unpaired) electrons. The fourth-order valence-corrected chi connectivity index (χ4v) is 2.33. The SMILES string of the molecule is CC1(c2nc(CBr)no2)CCCCC1. The highest BCUT2D eigenvalue weighted by atomic mass is 79.9. The van der Waals surface area contributed by atoms with Crippen LogP contribution in [0.2, 0.25) is 0 Å². The number of rotatable bonds is 2. The van der Waals surface area contributed by atoms with E-state index in [4.69, 9.17) is 4.52 Å². The van der Waals surface area contributed by atoms with Crippen LogP contribution in [0.5, 0.6) is 0 Å². The van der Waals surface area contributed by atoms with E-state index in [-0.39, 0.29) is 5.41 Å². The molecule has 0 atom stereocenters. The van der Waals surface area contributed by atoms with Gasteiger partial charge in [-0.05, 0) is 12.8 Å². The summed E-state index contributed by atoms with van der Waals surface area (Å²) in [5.41, 5.74) is 0.131. The summed E-state index contributed by atoms with van der Waals surface area (Å²) < 4.78 is 5.31. The second-order valence-corrected chi connectivity index (χ2v) is 4.83. The summed E-state index contributed by atoms with van der Waals surface area (Å²) in [4.78, 5) is 4.40. The molecule has 2 rings (SSSR count). The molecule has 0 amide bonds. The summed E-state index contributed by atoms with van der Waals surface area (Å²) in [5, 5.41) is 4.60. The van der Waals surface area contributed by atoms with E-state index in [1.54, 1.807) is 0 Å². The summed E-state index contributed by atoms with van der Waals surface area (Å²) in [6, 6.07) is 0. The number of alkyl halides is 1. The Morgan fingerprint density at radius 1 is 1.36 bits per heavy atom. The normalized spacial score (nSPS) is 21.0. The Kier molecular flexibility index (Phi) is 2.91. The monoisotopic (exact) mass is 258 g/mol. The van der Waals surface area contributed by atoms with Crippen molar-refractivity contribution in [3.05, 3.63) is 11.7 Å². The predicted octanol–water partition coefficient (Wildman–Crippen LogP) is 3.19. The van der Waals surface area contributed by atoms with Crippen molar-refractivity contribution in [1.29, 1.82) is 0 Å². The molecule has 1 heterocycles. The van der Waals surface area contributed by atoms with Gasteiger partial charge in [0.2, 0.25) is 5.89 Å². The van der Waals surface area contributed by atoms with Crippen LogP contribution >= 0.6 is 15.9 Å². The molecular formula is C10H15BrN2O. The number of hydrogen-bond donors (Lipinski definition) is 0. The van der Waals surface area contributed by atoms with Crippen molar-refractivity contribution in [2.45, 2.75) is 49.8 Å². The standard InChI is InChI=1S/C10H15BrN2O/c1-10(5-3-2-4-6-10)9-12-8(7-11)13-14-9/h2-7H2,1H3. The van der Waals surface area contributed by atoms with Gasteiger partial charge in [-0.1, -0.05) is 47.3 Å². The van der Waals surface area contributed by atoms with Crippen LogP contribution in [0.4, 0.5) is 0 Å². The lowest BCUT2D eigenvalue weighted by Gasteiger charge is -2.29. The van der Waals surface area contributed by atoms with Crippen LogP contribution in [0.15, 0.2) is 4.52 Å². The summed E-state index contributed by atoms with van der Waals surface area (Å²) in [6.07, 6.45) is 6.26. The van der Waals surface area contributed by atoms with Gasteiger partial charge >= 0.3 is 0 Å². The number of halogens is 1. The highest BCUT2D eigenvalue weighted by Gasteiger charge is 2.34. The smallest absolute Gasteiger partial charge is 0.232 e. The molecule has 3 nitrogen and oxygen atoms in total. The van der Waals surface area contributed by atoms with E-state index in [0.29, 0.717) is 5.33 Å². The highest BCUT2D eigenvalue weighted by Crippen LogP contribution is 2.37. The Morgan fingerprint density at radius 2 is 2.07 bits per heavy atom. The van der Waals surface area contributed by atoms with Gasteiger partial charge in [-0.15, -0.1) is 0 Å². The Balaban J connectivity index is 2.19. The van der Waals surface area contributed by atoms with Crippen molar-refractivity contribution in [2.75, 3.05) is 0 Å². The molecule has 0 aliphatic heterocycles. The lowest BCUT2D eigenvalue weighted by atomic mass is 9.76. The Bertz CT molecular complexity index is 305. The minimum absolute atomic E-state index is 0.131. The van der Waals surface area contributed by atoms with E-state index in [2.05, 4.69) is 33.0 Å². The van der Waals surface area contributed by atoms with Crippen LogP contribution in [0, 0.1) is 0 Å². The number of aromatic nitrogens is 2. The van der Waals surface area contributed by atoms with Gasteiger partial charge in [0.1, 0.15) is 0 Å². The first-order chi connectivity index (χ1) is 6.74. The molecule has 1 saturated carbocycles. The van der Waals surface area contributed by atoms with Crippen LogP contribution in [-0.2, 0) is 10.7 Å². The van der Waals surface area contributed by atoms with Crippen LogP contribution in [-0.4, -0.2) is 10.1 Å². The van der Waals surface area contributed by atoms with Crippen molar-refractivity contribution in [3.8, 4) is 0 Å². The van der Waals surface area contributed by atoms with Crippen molar-refractivity contribution < 1.29 is 4.52 Å². The van der Waals surface area contributed by atoms with Crippen molar-refractivity contribution in [3.63, 3.8) is 0 Å². The maximum atomic E-state index is 5.31. The largest absolute Gasteiger partial charge is 0.339 e. The van der Waals surface area contributed by atoms with Gasteiger partial charge < -0.3 is 4.52 Å². The van der Waals surface area contributed by atoms with Gasteiger partial charge in [-0.25, -0.2) is 0 Å². The molecule has 78 valence electrons. The summed E-state index contributed by atoms with van der Waals surface area (Å²) in [5.74, 6) is 1.58. The third-order valence-corrected chi connectivity index (χ3v) is 3.56. The van der Waals surface area contributed by atoms with Gasteiger partial charge in [-0.2, -0.15) is 4.98 Å². The lowest BCUT2D eigenvalue weighted by Crippen LogP contribution is -2.25. The van der Waals surface area contributed by atoms with Crippen molar-refractivity contribution in [2.24, 2.45) is 0 Å². The lowest BCUT2D eigenvalue weighted by molar-refractivity contribution is 0.232. The fraction of sp³-hybridized carbons (Fsp3) is 0.800. The van der Waals surface area contributed by atoms with Crippen LogP contribution < -0.4 is 0 Å². The zero-order chi connectivity index (χ0) is 10.0. The van der Waals surface area contributed by atoms with E-state index in [1.807, 2.05) is 0 Å². The predicted molar refractivity (Wildman–Crippen MR) is 57.4 cm³/mol. The minimum atomic E-state index is 0.131. The Labute approximate surface area is 92.4 Å². The molecule has 1 aliphatic rings. The quantitative estimate of drug-likeness (QED) is 0.765. The molecule has 14 heavy (non-hydrogen) atoms. The molecule has 4 heteroatoms. The maximum absolute atomic E-state index is 5.31. The zero-order valence-electron chi connectivity index (χ0n) is 8.42. The van der Waals surface area contributed by atoms with E-state index < -0.39 is 0 Å². The first-order valence-corrected chi connectivity index (χ1v) is 6.26. The Morgan fingerprint density at radius 3 is 2.64 bits per heavy atom. The summed E-state index contributed by atoms with van der Waals surface area (Å²) >= 11 is 3.33. The molecule has 0 saturated heterocycles. The van der Waals surface area contributed by atoms with Crippen molar-refractivity contribution >= 4 is 15.9 Å². The van der Waals surface area contributed by atoms with Crippen LogP contribution in [0.3, 0.4) is 0 Å². The van der Waals surface area contributed by atoms with E-state index >= 15 is 0 Å². The van der Waals surface area contributed by atoms with Crippen LogP contribution in [0.25, 0.3) is 0 Å². The molecule has 1 fully saturated rings. The summed E-state index contributed by atoms with van der Waals surface area (Å²) in [7, 11) is 0. The van der Waals surface area contributed by atoms with Gasteiger partial charge in [0.05, 0.1) is 5.33 Å². The zero-order valence-corrected chi connectivity index (χ0v) is 10.0. The van der Waals surface area contributed by atoms with Gasteiger partial charge in [0, 0.05) is 5.41 Å². The average molecular weight is 259 g/mol. The molecular weight excluding hydrogens is 244 g/mol. The minimum Gasteiger partial charge on any atom is -0.339 e.